The fourth-order valence-corrected chi connectivity index (χ4v) is 1.92. The molecule has 2 aromatic carbocycles. The van der Waals surface area contributed by atoms with E-state index in [0.29, 0.717) is 5.56 Å². The van der Waals surface area contributed by atoms with Gasteiger partial charge in [-0.3, -0.25) is 4.79 Å². The third kappa shape index (κ3) is 2.47. The van der Waals surface area contributed by atoms with Crippen molar-refractivity contribution in [2.24, 2.45) is 0 Å². The number of hydrogen-bond donors (Lipinski definition) is 2. The molecule has 20 heavy (non-hydrogen) atoms. The van der Waals surface area contributed by atoms with Crippen LogP contribution in [0.5, 0.6) is 5.75 Å². The van der Waals surface area contributed by atoms with Gasteiger partial charge < -0.3 is 10.4 Å². The van der Waals surface area contributed by atoms with Gasteiger partial charge in [-0.15, -0.1) is 0 Å². The molecule has 4 nitrogen and oxygen atoms in total. The molecule has 2 aromatic rings. The van der Waals surface area contributed by atoms with Gasteiger partial charge in [-0.2, -0.15) is 5.26 Å². The smallest absolute Gasteiger partial charge is 0.256 e. The highest BCUT2D eigenvalue weighted by molar-refractivity contribution is 6.06. The minimum absolute atomic E-state index is 0.128. The van der Waals surface area contributed by atoms with E-state index in [1.807, 2.05) is 32.0 Å². The molecular weight excluding hydrogens is 252 g/mol. The fourth-order valence-electron chi connectivity index (χ4n) is 1.92. The number of aromatic hydroxyl groups is 1. The number of nitrogens with one attached hydrogen (secondary N) is 1. The van der Waals surface area contributed by atoms with Gasteiger partial charge in [-0.25, -0.2) is 0 Å². The largest absolute Gasteiger partial charge is 0.504 e. The lowest BCUT2D eigenvalue weighted by Crippen LogP contribution is -2.14. The Bertz CT molecular complexity index is 715. The number of para-hydroxylation sites is 1. The number of carbonyl (C=O) groups excluding carboxylic acids is 1. The second-order valence-electron chi connectivity index (χ2n) is 4.52. The predicted octanol–water partition coefficient (Wildman–Crippen LogP) is 3.13. The Kier molecular flexibility index (Phi) is 3.72. The normalized spacial score (nSPS) is 9.85. The van der Waals surface area contributed by atoms with Gasteiger partial charge in [0.2, 0.25) is 0 Å². The van der Waals surface area contributed by atoms with E-state index >= 15 is 0 Å². The van der Waals surface area contributed by atoms with Gasteiger partial charge in [0.15, 0.2) is 5.75 Å². The van der Waals surface area contributed by atoms with Crippen LogP contribution in [0, 0.1) is 25.2 Å². The highest BCUT2D eigenvalue weighted by atomic mass is 16.3. The molecule has 0 atom stereocenters. The summed E-state index contributed by atoms with van der Waals surface area (Å²) < 4.78 is 0. The van der Waals surface area contributed by atoms with Crippen LogP contribution in [-0.2, 0) is 0 Å². The minimum Gasteiger partial charge on any atom is -0.504 e. The Morgan fingerprint density at radius 2 is 1.90 bits per heavy atom. The fraction of sp³-hybridized carbons (Fsp3) is 0.125. The lowest BCUT2D eigenvalue weighted by molar-refractivity contribution is 0.102. The Labute approximate surface area is 117 Å². The molecule has 1 amide bonds. The van der Waals surface area contributed by atoms with Crippen molar-refractivity contribution < 1.29 is 9.90 Å². The van der Waals surface area contributed by atoms with Crippen molar-refractivity contribution in [1.82, 2.24) is 0 Å². The summed E-state index contributed by atoms with van der Waals surface area (Å²) in [6.07, 6.45) is 0. The van der Waals surface area contributed by atoms with E-state index < -0.39 is 0 Å². The van der Waals surface area contributed by atoms with E-state index in [0.717, 1.165) is 11.1 Å². The molecular formula is C16H14N2O2. The van der Waals surface area contributed by atoms with Crippen LogP contribution in [0.25, 0.3) is 0 Å². The van der Waals surface area contributed by atoms with Crippen LogP contribution in [0.15, 0.2) is 36.4 Å². The van der Waals surface area contributed by atoms with E-state index in [2.05, 4.69) is 5.32 Å². The molecule has 0 saturated carbocycles. The number of hydrogen-bond acceptors (Lipinski definition) is 3. The molecule has 0 heterocycles. The van der Waals surface area contributed by atoms with Crippen LogP contribution < -0.4 is 5.32 Å². The molecule has 0 saturated heterocycles. The maximum Gasteiger partial charge on any atom is 0.256 e. The van der Waals surface area contributed by atoms with Gasteiger partial charge >= 0.3 is 0 Å². The number of aryl methyl sites for hydroxylation is 1. The zero-order valence-electron chi connectivity index (χ0n) is 11.3. The monoisotopic (exact) mass is 266 g/mol. The summed E-state index contributed by atoms with van der Waals surface area (Å²) in [6.45, 7) is 3.80. The van der Waals surface area contributed by atoms with Crippen LogP contribution in [0.4, 0.5) is 5.69 Å². The standard InChI is InChI=1S/C16H14N2O2/c1-10-5-3-7-13(11(10)2)16(20)18-14-8-4-6-12(9-17)15(14)19/h3-8,19H,1-2H3,(H,18,20). The van der Waals surface area contributed by atoms with E-state index in [1.165, 1.54) is 6.07 Å². The first kappa shape index (κ1) is 13.6. The van der Waals surface area contributed by atoms with Gasteiger partial charge in [0.1, 0.15) is 6.07 Å². The summed E-state index contributed by atoms with van der Waals surface area (Å²) in [5, 5.41) is 21.4. The maximum absolute atomic E-state index is 12.2. The van der Waals surface area contributed by atoms with Crippen molar-refractivity contribution in [1.29, 1.82) is 5.26 Å². The predicted molar refractivity (Wildman–Crippen MR) is 76.7 cm³/mol. The average Bonchev–Trinajstić information content (AvgIpc) is 2.44. The van der Waals surface area contributed by atoms with E-state index in [1.54, 1.807) is 18.2 Å². The van der Waals surface area contributed by atoms with Crippen LogP contribution >= 0.6 is 0 Å². The van der Waals surface area contributed by atoms with Gasteiger partial charge in [-0.05, 0) is 43.2 Å². The SMILES string of the molecule is Cc1cccc(C(=O)Nc2cccc(C#N)c2O)c1C. The summed E-state index contributed by atoms with van der Waals surface area (Å²) >= 11 is 0. The molecule has 0 radical (unpaired) electrons. The summed E-state index contributed by atoms with van der Waals surface area (Å²) in [5.74, 6) is -0.523. The van der Waals surface area contributed by atoms with Gasteiger partial charge in [0, 0.05) is 5.56 Å². The Hall–Kier alpha value is -2.80. The zero-order chi connectivity index (χ0) is 14.7. The zero-order valence-corrected chi connectivity index (χ0v) is 11.3. The quantitative estimate of drug-likeness (QED) is 0.820. The van der Waals surface area contributed by atoms with Crippen LogP contribution in [0.2, 0.25) is 0 Å². The highest BCUT2D eigenvalue weighted by Gasteiger charge is 2.13. The average molecular weight is 266 g/mol. The third-order valence-electron chi connectivity index (χ3n) is 3.25. The number of nitriles is 1. The molecule has 0 aliphatic carbocycles. The van der Waals surface area contributed by atoms with Crippen molar-refractivity contribution in [2.45, 2.75) is 13.8 Å². The number of carbonyl (C=O) groups is 1. The number of amides is 1. The van der Waals surface area contributed by atoms with Crippen LogP contribution in [0.1, 0.15) is 27.0 Å². The molecule has 0 aliphatic rings. The van der Waals surface area contributed by atoms with Crippen LogP contribution in [-0.4, -0.2) is 11.0 Å². The summed E-state index contributed by atoms with van der Waals surface area (Å²) in [5.41, 5.74) is 2.82. The van der Waals surface area contributed by atoms with Crippen molar-refractivity contribution in [3.63, 3.8) is 0 Å². The van der Waals surface area contributed by atoms with Crippen molar-refractivity contribution >= 4 is 11.6 Å². The Morgan fingerprint density at radius 3 is 2.60 bits per heavy atom. The second kappa shape index (κ2) is 5.45. The lowest BCUT2D eigenvalue weighted by atomic mass is 10.0. The van der Waals surface area contributed by atoms with E-state index in [4.69, 9.17) is 5.26 Å². The first-order chi connectivity index (χ1) is 9.54. The van der Waals surface area contributed by atoms with Gasteiger partial charge in [-0.1, -0.05) is 18.2 Å². The number of benzene rings is 2. The summed E-state index contributed by atoms with van der Waals surface area (Å²) in [4.78, 5) is 12.2. The van der Waals surface area contributed by atoms with Crippen molar-refractivity contribution in [2.75, 3.05) is 5.32 Å². The van der Waals surface area contributed by atoms with Gasteiger partial charge in [0.05, 0.1) is 11.3 Å². The summed E-state index contributed by atoms with van der Waals surface area (Å²) in [6, 6.07) is 12.0. The molecule has 2 rings (SSSR count). The van der Waals surface area contributed by atoms with Crippen molar-refractivity contribution in [3.05, 3.63) is 58.7 Å². The molecule has 0 spiro atoms. The van der Waals surface area contributed by atoms with E-state index in [-0.39, 0.29) is 22.9 Å². The molecule has 0 fully saturated rings. The first-order valence-electron chi connectivity index (χ1n) is 6.14. The van der Waals surface area contributed by atoms with Crippen LogP contribution in [0.3, 0.4) is 0 Å². The maximum atomic E-state index is 12.2. The Morgan fingerprint density at radius 1 is 1.20 bits per heavy atom. The topological polar surface area (TPSA) is 73.1 Å². The first-order valence-corrected chi connectivity index (χ1v) is 6.14. The minimum atomic E-state index is -0.309. The molecule has 100 valence electrons. The van der Waals surface area contributed by atoms with Gasteiger partial charge in [0.25, 0.3) is 5.91 Å². The summed E-state index contributed by atoms with van der Waals surface area (Å²) in [7, 11) is 0. The number of phenols is 1. The number of anilines is 1. The highest BCUT2D eigenvalue weighted by Crippen LogP contribution is 2.27. The molecule has 2 N–H and O–H groups in total. The number of nitrogens with zero attached hydrogens (tertiary/aromatic N) is 1. The third-order valence-corrected chi connectivity index (χ3v) is 3.25. The molecule has 4 heteroatoms. The Balaban J connectivity index is 2.34. The number of rotatable bonds is 2. The molecule has 0 unspecified atom stereocenters. The molecule has 0 aromatic heterocycles. The molecule has 0 aliphatic heterocycles. The molecule has 0 bridgehead atoms. The second-order valence-corrected chi connectivity index (χ2v) is 4.52. The number of phenolic OH excluding ortho intramolecular Hbond substituents is 1. The van der Waals surface area contributed by atoms with E-state index in [9.17, 15) is 9.90 Å². The van der Waals surface area contributed by atoms with Crippen molar-refractivity contribution in [3.8, 4) is 11.8 Å². The lowest BCUT2D eigenvalue weighted by Gasteiger charge is -2.11.